The standard InChI is InChI=1S/C23H19FN4O2.C6H5Cl.C2H6/c1-14(2)16-7-18-20(19(24)8-16)22(30-13-23(12-26)5-6-23)28(21(18)29)11-17-4-3-15(9-25)10-27-17;7-6-4-2-1-3-5-6;1-2/h3-4,7-8,10,22H,1,5-6,11,13H2,2H3;1-5H;1-2H3. The van der Waals surface area contributed by atoms with Crippen LogP contribution in [-0.4, -0.2) is 22.4 Å². The SMILES string of the molecule is C=C(C)c1cc(F)c2c(c1)C(=O)N(Cc1ccc(C#N)cn1)C2OCC1(C#N)CC1.CC.Clc1ccccc1. The van der Waals surface area contributed by atoms with Gasteiger partial charge in [-0.3, -0.25) is 9.78 Å². The number of fused-ring (bicyclic) bond motifs is 1. The summed E-state index contributed by atoms with van der Waals surface area (Å²) in [6.07, 6.45) is 1.93. The first kappa shape index (κ1) is 29.5. The number of hydrogen-bond donors (Lipinski definition) is 0. The quantitative estimate of drug-likeness (QED) is 0.321. The molecular formula is C31H30ClFN4O2. The van der Waals surface area contributed by atoms with Crippen LogP contribution in [0.5, 0.6) is 0 Å². The Bertz CT molecular complexity index is 1410. The zero-order valence-electron chi connectivity index (χ0n) is 22.2. The highest BCUT2D eigenvalue weighted by Gasteiger charge is 2.47. The highest BCUT2D eigenvalue weighted by atomic mass is 35.5. The molecule has 39 heavy (non-hydrogen) atoms. The summed E-state index contributed by atoms with van der Waals surface area (Å²) in [5, 5.41) is 19.1. The largest absolute Gasteiger partial charge is 0.352 e. The molecule has 1 aromatic heterocycles. The van der Waals surface area contributed by atoms with Crippen LogP contribution in [0.2, 0.25) is 5.02 Å². The molecule has 8 heteroatoms. The van der Waals surface area contributed by atoms with Crippen LogP contribution in [0.1, 0.15) is 72.6 Å². The van der Waals surface area contributed by atoms with E-state index in [9.17, 15) is 10.1 Å². The fourth-order valence-corrected chi connectivity index (χ4v) is 4.03. The lowest BCUT2D eigenvalue weighted by atomic mass is 10.0. The first-order chi connectivity index (χ1) is 18.8. The lowest BCUT2D eigenvalue weighted by Gasteiger charge is -2.26. The van der Waals surface area contributed by atoms with Crippen molar-refractivity contribution in [1.29, 1.82) is 10.5 Å². The lowest BCUT2D eigenvalue weighted by molar-refractivity contribution is -0.0552. The Balaban J connectivity index is 0.000000401. The zero-order valence-corrected chi connectivity index (χ0v) is 23.0. The van der Waals surface area contributed by atoms with Crippen molar-refractivity contribution in [1.82, 2.24) is 9.88 Å². The number of benzene rings is 2. The van der Waals surface area contributed by atoms with Gasteiger partial charge in [0.2, 0.25) is 0 Å². The molecule has 3 aromatic rings. The average Bonchev–Trinajstić information content (AvgIpc) is 3.69. The third-order valence-corrected chi connectivity index (χ3v) is 6.52. The Morgan fingerprint density at radius 2 is 1.90 bits per heavy atom. The number of nitrogens with zero attached hydrogens (tertiary/aromatic N) is 4. The molecule has 1 aliphatic heterocycles. The number of halogens is 2. The zero-order chi connectivity index (χ0) is 28.6. The monoisotopic (exact) mass is 544 g/mol. The number of amides is 1. The van der Waals surface area contributed by atoms with Crippen LogP contribution in [0.3, 0.4) is 0 Å². The van der Waals surface area contributed by atoms with Crippen LogP contribution in [0.25, 0.3) is 5.57 Å². The fourth-order valence-electron chi connectivity index (χ4n) is 3.89. The Labute approximate surface area is 233 Å². The molecule has 0 bridgehead atoms. The Hall–Kier alpha value is -4.04. The molecule has 0 spiro atoms. The third-order valence-electron chi connectivity index (χ3n) is 6.27. The van der Waals surface area contributed by atoms with Crippen molar-refractivity contribution in [2.75, 3.05) is 6.61 Å². The summed E-state index contributed by atoms with van der Waals surface area (Å²) < 4.78 is 21.0. The molecule has 6 nitrogen and oxygen atoms in total. The molecule has 1 amide bonds. The van der Waals surface area contributed by atoms with Gasteiger partial charge in [0, 0.05) is 16.8 Å². The van der Waals surface area contributed by atoms with E-state index in [1.807, 2.05) is 50.2 Å². The van der Waals surface area contributed by atoms with Gasteiger partial charge in [-0.25, -0.2) is 4.39 Å². The topological polar surface area (TPSA) is 90.0 Å². The van der Waals surface area contributed by atoms with Crippen LogP contribution >= 0.6 is 11.6 Å². The number of nitriles is 2. The van der Waals surface area contributed by atoms with E-state index in [-0.39, 0.29) is 30.2 Å². The van der Waals surface area contributed by atoms with Crippen LogP contribution in [-0.2, 0) is 11.3 Å². The highest BCUT2D eigenvalue weighted by Crippen LogP contribution is 2.47. The van der Waals surface area contributed by atoms with E-state index in [1.165, 1.54) is 17.2 Å². The predicted octanol–water partition coefficient (Wildman–Crippen LogP) is 7.47. The summed E-state index contributed by atoms with van der Waals surface area (Å²) in [7, 11) is 0. The Kier molecular flexibility index (Phi) is 9.95. The van der Waals surface area contributed by atoms with Crippen molar-refractivity contribution in [2.24, 2.45) is 5.41 Å². The molecule has 1 atom stereocenters. The van der Waals surface area contributed by atoms with Gasteiger partial charge in [-0.05, 0) is 61.7 Å². The van der Waals surface area contributed by atoms with Crippen molar-refractivity contribution in [3.05, 3.63) is 106 Å². The molecule has 0 N–H and O–H groups in total. The Morgan fingerprint density at radius 3 is 2.38 bits per heavy atom. The van der Waals surface area contributed by atoms with E-state index in [0.29, 0.717) is 22.4 Å². The number of ether oxygens (including phenoxy) is 1. The van der Waals surface area contributed by atoms with Gasteiger partial charge in [0.15, 0.2) is 6.23 Å². The highest BCUT2D eigenvalue weighted by molar-refractivity contribution is 6.30. The molecule has 200 valence electrons. The number of rotatable bonds is 6. The van der Waals surface area contributed by atoms with Gasteiger partial charge in [0.25, 0.3) is 5.91 Å². The molecule has 1 fully saturated rings. The molecule has 1 aliphatic carbocycles. The van der Waals surface area contributed by atoms with Crippen LogP contribution in [0, 0.1) is 33.9 Å². The Morgan fingerprint density at radius 1 is 1.21 bits per heavy atom. The summed E-state index contributed by atoms with van der Waals surface area (Å²) in [5.41, 5.74) is 2.00. The van der Waals surface area contributed by atoms with Gasteiger partial charge >= 0.3 is 0 Å². The molecule has 2 aliphatic rings. The summed E-state index contributed by atoms with van der Waals surface area (Å²) in [4.78, 5) is 18.8. The minimum atomic E-state index is -0.949. The molecule has 0 saturated heterocycles. The van der Waals surface area contributed by atoms with Crippen molar-refractivity contribution in [2.45, 2.75) is 46.4 Å². The van der Waals surface area contributed by atoms with Gasteiger partial charge in [0.05, 0.1) is 41.5 Å². The van der Waals surface area contributed by atoms with Crippen LogP contribution < -0.4 is 0 Å². The lowest BCUT2D eigenvalue weighted by Crippen LogP contribution is -2.31. The van der Waals surface area contributed by atoms with Crippen molar-refractivity contribution >= 4 is 23.1 Å². The summed E-state index contributed by atoms with van der Waals surface area (Å²) in [6, 6.07) is 19.9. The molecule has 0 radical (unpaired) electrons. The van der Waals surface area contributed by atoms with Crippen LogP contribution in [0.15, 0.2) is 67.4 Å². The van der Waals surface area contributed by atoms with Gasteiger partial charge in [-0.15, -0.1) is 0 Å². The molecule has 1 saturated carbocycles. The number of hydrogen-bond acceptors (Lipinski definition) is 5. The van der Waals surface area contributed by atoms with Gasteiger partial charge in [-0.2, -0.15) is 10.5 Å². The molecule has 2 aromatic carbocycles. The first-order valence-corrected chi connectivity index (χ1v) is 13.0. The summed E-state index contributed by atoms with van der Waals surface area (Å²) in [6.45, 7) is 9.79. The minimum Gasteiger partial charge on any atom is -0.352 e. The number of carbonyl (C=O) groups is 1. The van der Waals surface area contributed by atoms with E-state index in [4.69, 9.17) is 21.6 Å². The number of aromatic nitrogens is 1. The van der Waals surface area contributed by atoms with E-state index < -0.39 is 17.5 Å². The molecular weight excluding hydrogens is 515 g/mol. The predicted molar refractivity (Wildman–Crippen MR) is 149 cm³/mol. The maximum Gasteiger partial charge on any atom is 0.257 e. The third kappa shape index (κ3) is 7.09. The normalized spacial score (nSPS) is 15.9. The molecule has 2 heterocycles. The van der Waals surface area contributed by atoms with Crippen molar-refractivity contribution < 1.29 is 13.9 Å². The summed E-state index contributed by atoms with van der Waals surface area (Å²) in [5.74, 6) is -0.911. The average molecular weight is 545 g/mol. The van der Waals surface area contributed by atoms with E-state index >= 15 is 4.39 Å². The van der Waals surface area contributed by atoms with Crippen molar-refractivity contribution in [3.63, 3.8) is 0 Å². The number of allylic oxidation sites excluding steroid dienone is 1. The number of pyridine rings is 1. The van der Waals surface area contributed by atoms with Gasteiger partial charge in [0.1, 0.15) is 11.9 Å². The van der Waals surface area contributed by atoms with Crippen LogP contribution in [0.4, 0.5) is 4.39 Å². The van der Waals surface area contributed by atoms with Gasteiger partial charge in [-0.1, -0.05) is 55.8 Å². The molecule has 5 rings (SSSR count). The maximum absolute atomic E-state index is 15.0. The summed E-state index contributed by atoms with van der Waals surface area (Å²) >= 11 is 5.54. The smallest absolute Gasteiger partial charge is 0.257 e. The van der Waals surface area contributed by atoms with E-state index in [0.717, 1.165) is 17.9 Å². The van der Waals surface area contributed by atoms with Gasteiger partial charge < -0.3 is 9.64 Å². The maximum atomic E-state index is 15.0. The molecule has 1 unspecified atom stereocenters. The minimum absolute atomic E-state index is 0.0886. The second-order valence-corrected chi connectivity index (χ2v) is 9.57. The first-order valence-electron chi connectivity index (χ1n) is 12.7. The number of carbonyl (C=O) groups excluding carboxylic acids is 1. The van der Waals surface area contributed by atoms with Crippen molar-refractivity contribution in [3.8, 4) is 12.1 Å². The fraction of sp³-hybridized carbons (Fsp3) is 0.290. The van der Waals surface area contributed by atoms with E-state index in [2.05, 4.69) is 17.6 Å². The second-order valence-electron chi connectivity index (χ2n) is 9.13. The van der Waals surface area contributed by atoms with E-state index in [1.54, 1.807) is 25.1 Å². The second kappa shape index (κ2) is 13.2.